The van der Waals surface area contributed by atoms with Crippen LogP contribution in [0.3, 0.4) is 0 Å². The fraction of sp³-hybridized carbons (Fsp3) is 0.333. The molecule has 0 aliphatic rings. The minimum Gasteiger partial charge on any atom is -0.376 e. The predicted octanol–water partition coefficient (Wildman–Crippen LogP) is 3.02. The van der Waals surface area contributed by atoms with Gasteiger partial charge in [-0.2, -0.15) is 0 Å². The number of rotatable bonds is 4. The minimum atomic E-state index is 0.120. The predicted molar refractivity (Wildman–Crippen MR) is 79.6 cm³/mol. The van der Waals surface area contributed by atoms with E-state index in [-0.39, 0.29) is 6.04 Å². The summed E-state index contributed by atoms with van der Waals surface area (Å²) in [5.41, 5.74) is 4.21. The molecule has 0 amide bonds. The van der Waals surface area contributed by atoms with Crippen LogP contribution in [0.4, 0.5) is 11.4 Å². The van der Waals surface area contributed by atoms with Gasteiger partial charge in [0, 0.05) is 26.5 Å². The summed E-state index contributed by atoms with van der Waals surface area (Å²) in [5, 5.41) is 3.50. The van der Waals surface area contributed by atoms with E-state index in [1.54, 1.807) is 12.4 Å². The van der Waals surface area contributed by atoms with E-state index in [1.807, 2.05) is 33.2 Å². The second-order valence-corrected chi connectivity index (χ2v) is 4.80. The molecule has 0 radical (unpaired) electrons. The van der Waals surface area contributed by atoms with Gasteiger partial charge in [0.1, 0.15) is 0 Å². The summed E-state index contributed by atoms with van der Waals surface area (Å²) in [6, 6.07) is 8.37. The van der Waals surface area contributed by atoms with Crippen molar-refractivity contribution in [3.63, 3.8) is 0 Å². The van der Waals surface area contributed by atoms with Crippen molar-refractivity contribution in [3.8, 4) is 0 Å². The van der Waals surface area contributed by atoms with Crippen molar-refractivity contribution in [2.75, 3.05) is 24.3 Å². The van der Waals surface area contributed by atoms with Crippen LogP contribution in [0.25, 0.3) is 0 Å². The summed E-state index contributed by atoms with van der Waals surface area (Å²) in [7, 11) is 4.08. The summed E-state index contributed by atoms with van der Waals surface area (Å²) < 4.78 is 0. The number of aromatic nitrogens is 2. The SMILES string of the molecule is Cc1nccnc1C(C)Nc1ccccc1N(C)C. The van der Waals surface area contributed by atoms with Gasteiger partial charge in [-0.1, -0.05) is 12.1 Å². The summed E-state index contributed by atoms with van der Waals surface area (Å²) >= 11 is 0. The molecule has 2 aromatic rings. The standard InChI is InChI=1S/C15H20N4/c1-11-15(17-10-9-16-11)12(2)18-13-7-5-6-8-14(13)19(3)4/h5-10,12,18H,1-4H3. The molecule has 0 aliphatic carbocycles. The van der Waals surface area contributed by atoms with E-state index in [9.17, 15) is 0 Å². The Morgan fingerprint density at radius 1 is 1.11 bits per heavy atom. The number of hydrogen-bond acceptors (Lipinski definition) is 4. The van der Waals surface area contributed by atoms with Gasteiger partial charge in [0.25, 0.3) is 0 Å². The van der Waals surface area contributed by atoms with Gasteiger partial charge in [-0.15, -0.1) is 0 Å². The number of para-hydroxylation sites is 2. The lowest BCUT2D eigenvalue weighted by Crippen LogP contribution is -2.15. The van der Waals surface area contributed by atoms with Crippen molar-refractivity contribution in [3.05, 3.63) is 48.0 Å². The van der Waals surface area contributed by atoms with Crippen LogP contribution in [-0.4, -0.2) is 24.1 Å². The van der Waals surface area contributed by atoms with E-state index in [0.717, 1.165) is 22.8 Å². The van der Waals surface area contributed by atoms with Gasteiger partial charge in [0.2, 0.25) is 0 Å². The quantitative estimate of drug-likeness (QED) is 0.913. The zero-order chi connectivity index (χ0) is 13.8. The molecule has 1 aromatic carbocycles. The summed E-state index contributed by atoms with van der Waals surface area (Å²) in [4.78, 5) is 10.8. The van der Waals surface area contributed by atoms with Crippen molar-refractivity contribution in [1.82, 2.24) is 9.97 Å². The number of nitrogens with zero attached hydrogens (tertiary/aromatic N) is 3. The molecule has 2 rings (SSSR count). The first kappa shape index (κ1) is 13.3. The van der Waals surface area contributed by atoms with Crippen LogP contribution in [0.2, 0.25) is 0 Å². The van der Waals surface area contributed by atoms with Gasteiger partial charge in [0.05, 0.1) is 28.8 Å². The maximum absolute atomic E-state index is 4.41. The Kier molecular flexibility index (Phi) is 4.00. The van der Waals surface area contributed by atoms with Gasteiger partial charge in [-0.05, 0) is 26.0 Å². The lowest BCUT2D eigenvalue weighted by Gasteiger charge is -2.22. The Labute approximate surface area is 114 Å². The molecule has 1 atom stereocenters. The van der Waals surface area contributed by atoms with Crippen LogP contribution in [0.5, 0.6) is 0 Å². The third kappa shape index (κ3) is 3.02. The van der Waals surface area contributed by atoms with Gasteiger partial charge in [0.15, 0.2) is 0 Å². The summed E-state index contributed by atoms with van der Waals surface area (Å²) in [6.45, 7) is 4.09. The molecule has 0 bridgehead atoms. The van der Waals surface area contributed by atoms with Crippen molar-refractivity contribution in [2.24, 2.45) is 0 Å². The largest absolute Gasteiger partial charge is 0.376 e. The Balaban J connectivity index is 2.24. The number of hydrogen-bond donors (Lipinski definition) is 1. The van der Waals surface area contributed by atoms with E-state index in [2.05, 4.69) is 39.2 Å². The summed E-state index contributed by atoms with van der Waals surface area (Å²) in [6.07, 6.45) is 3.46. The van der Waals surface area contributed by atoms with Crippen molar-refractivity contribution < 1.29 is 0 Å². The molecule has 4 heteroatoms. The monoisotopic (exact) mass is 256 g/mol. The molecule has 0 saturated carbocycles. The van der Waals surface area contributed by atoms with Crippen LogP contribution >= 0.6 is 0 Å². The highest BCUT2D eigenvalue weighted by molar-refractivity contribution is 5.69. The van der Waals surface area contributed by atoms with Crippen molar-refractivity contribution in [1.29, 1.82) is 0 Å². The van der Waals surface area contributed by atoms with Gasteiger partial charge in [-0.3, -0.25) is 9.97 Å². The van der Waals surface area contributed by atoms with Crippen LogP contribution in [0.15, 0.2) is 36.7 Å². The molecule has 0 spiro atoms. The lowest BCUT2D eigenvalue weighted by atomic mass is 10.1. The first-order chi connectivity index (χ1) is 9.09. The molecule has 0 fully saturated rings. The Morgan fingerprint density at radius 2 is 1.79 bits per heavy atom. The Bertz CT molecular complexity index is 551. The van der Waals surface area contributed by atoms with Crippen molar-refractivity contribution in [2.45, 2.75) is 19.9 Å². The van der Waals surface area contributed by atoms with E-state index in [1.165, 1.54) is 0 Å². The topological polar surface area (TPSA) is 41.1 Å². The molecular formula is C15H20N4. The molecule has 1 N–H and O–H groups in total. The highest BCUT2D eigenvalue weighted by Gasteiger charge is 2.12. The molecule has 1 heterocycles. The first-order valence-electron chi connectivity index (χ1n) is 6.40. The number of nitrogens with one attached hydrogen (secondary N) is 1. The number of benzene rings is 1. The zero-order valence-electron chi connectivity index (χ0n) is 11.9. The smallest absolute Gasteiger partial charge is 0.0835 e. The molecular weight excluding hydrogens is 236 g/mol. The first-order valence-corrected chi connectivity index (χ1v) is 6.40. The number of anilines is 2. The highest BCUT2D eigenvalue weighted by Crippen LogP contribution is 2.27. The minimum absolute atomic E-state index is 0.120. The Hall–Kier alpha value is -2.10. The molecule has 1 unspecified atom stereocenters. The van der Waals surface area contributed by atoms with Crippen LogP contribution < -0.4 is 10.2 Å². The average molecular weight is 256 g/mol. The highest BCUT2D eigenvalue weighted by atomic mass is 15.1. The third-order valence-electron chi connectivity index (χ3n) is 3.09. The molecule has 1 aromatic heterocycles. The molecule has 100 valence electrons. The van der Waals surface area contributed by atoms with Crippen LogP contribution in [0.1, 0.15) is 24.4 Å². The van der Waals surface area contributed by atoms with Crippen LogP contribution in [-0.2, 0) is 0 Å². The molecule has 19 heavy (non-hydrogen) atoms. The maximum atomic E-state index is 4.41. The normalized spacial score (nSPS) is 12.0. The second-order valence-electron chi connectivity index (χ2n) is 4.80. The average Bonchev–Trinajstić information content (AvgIpc) is 2.39. The zero-order valence-corrected chi connectivity index (χ0v) is 11.9. The van der Waals surface area contributed by atoms with Crippen LogP contribution in [0, 0.1) is 6.92 Å². The van der Waals surface area contributed by atoms with Gasteiger partial charge >= 0.3 is 0 Å². The van der Waals surface area contributed by atoms with Gasteiger partial charge in [-0.25, -0.2) is 0 Å². The fourth-order valence-corrected chi connectivity index (χ4v) is 2.13. The molecule has 4 nitrogen and oxygen atoms in total. The van der Waals surface area contributed by atoms with E-state index >= 15 is 0 Å². The number of aryl methyl sites for hydroxylation is 1. The third-order valence-corrected chi connectivity index (χ3v) is 3.09. The van der Waals surface area contributed by atoms with E-state index in [4.69, 9.17) is 0 Å². The summed E-state index contributed by atoms with van der Waals surface area (Å²) in [5.74, 6) is 0. The molecule has 0 saturated heterocycles. The Morgan fingerprint density at radius 3 is 2.47 bits per heavy atom. The maximum Gasteiger partial charge on any atom is 0.0835 e. The van der Waals surface area contributed by atoms with Crippen molar-refractivity contribution >= 4 is 11.4 Å². The fourth-order valence-electron chi connectivity index (χ4n) is 2.13. The van der Waals surface area contributed by atoms with Gasteiger partial charge < -0.3 is 10.2 Å². The van der Waals surface area contributed by atoms with E-state index < -0.39 is 0 Å². The molecule has 0 aliphatic heterocycles. The second kappa shape index (κ2) is 5.69. The van der Waals surface area contributed by atoms with E-state index in [0.29, 0.717) is 0 Å². The lowest BCUT2D eigenvalue weighted by molar-refractivity contribution is 0.809.